The fourth-order valence-corrected chi connectivity index (χ4v) is 4.30. The summed E-state index contributed by atoms with van der Waals surface area (Å²) in [5.41, 5.74) is 0.246. The van der Waals surface area contributed by atoms with Gasteiger partial charge in [-0.25, -0.2) is 0 Å². The lowest BCUT2D eigenvalue weighted by molar-refractivity contribution is -0.164. The van der Waals surface area contributed by atoms with Crippen LogP contribution in [0.2, 0.25) is 0 Å². The second kappa shape index (κ2) is 8.98. The monoisotopic (exact) mass is 366 g/mol. The van der Waals surface area contributed by atoms with Gasteiger partial charge in [0.25, 0.3) is 0 Å². The van der Waals surface area contributed by atoms with Crippen molar-refractivity contribution in [3.05, 3.63) is 29.8 Å². The van der Waals surface area contributed by atoms with Gasteiger partial charge in [0.2, 0.25) is 0 Å². The fraction of sp³-hybridized carbons (Fsp3) is 0.667. The molecule has 142 valence electrons. The molecule has 1 aromatic rings. The molecule has 0 radical (unpaired) electrons. The van der Waals surface area contributed by atoms with Gasteiger partial charge in [-0.05, 0) is 51.7 Å². The molecule has 1 rings (SSSR count). The topological polar surface area (TPSA) is 43.4 Å². The zero-order valence-electron chi connectivity index (χ0n) is 16.8. The summed E-state index contributed by atoms with van der Waals surface area (Å²) >= 11 is 0. The molecule has 1 aromatic carbocycles. The molecular formula is C21H34O3S. The fourth-order valence-electron chi connectivity index (χ4n) is 2.82. The summed E-state index contributed by atoms with van der Waals surface area (Å²) in [6, 6.07) is 7.78. The Bertz CT molecular complexity index is 582. The maximum absolute atomic E-state index is 12.8. The van der Waals surface area contributed by atoms with Crippen molar-refractivity contribution in [1.29, 1.82) is 0 Å². The summed E-state index contributed by atoms with van der Waals surface area (Å²) in [7, 11) is -1.13. The number of aryl methyl sites for hydroxylation is 1. The minimum absolute atomic E-state index is 0.174. The van der Waals surface area contributed by atoms with Crippen LogP contribution in [-0.4, -0.2) is 21.5 Å². The number of esters is 1. The number of carbonyl (C=O) groups excluding carboxylic acids is 1. The molecule has 0 aliphatic heterocycles. The quantitative estimate of drug-likeness (QED) is 0.588. The SMILES string of the molecule is CCCC[C@@H](C(=O)OC(C)(C)C)C(C)(C)CS(=O)c1ccc(C)cc1. The maximum atomic E-state index is 12.8. The Morgan fingerprint density at radius 3 is 2.16 bits per heavy atom. The normalized spacial score (nSPS) is 14.8. The van der Waals surface area contributed by atoms with Gasteiger partial charge in [-0.2, -0.15) is 0 Å². The van der Waals surface area contributed by atoms with E-state index in [-0.39, 0.29) is 11.9 Å². The average molecular weight is 367 g/mol. The third kappa shape index (κ3) is 7.31. The second-order valence-electron chi connectivity index (χ2n) is 8.52. The van der Waals surface area contributed by atoms with Crippen molar-refractivity contribution in [2.75, 3.05) is 5.75 Å². The molecule has 0 aliphatic carbocycles. The summed E-state index contributed by atoms with van der Waals surface area (Å²) in [6.07, 6.45) is 2.75. The van der Waals surface area contributed by atoms with Crippen LogP contribution >= 0.6 is 0 Å². The van der Waals surface area contributed by atoms with E-state index in [1.807, 2.05) is 65.8 Å². The first-order valence-corrected chi connectivity index (χ1v) is 10.5. The molecule has 2 atom stereocenters. The van der Waals surface area contributed by atoms with Crippen LogP contribution < -0.4 is 0 Å². The zero-order chi connectivity index (χ0) is 19.3. The highest BCUT2D eigenvalue weighted by Gasteiger charge is 2.38. The third-order valence-electron chi connectivity index (χ3n) is 4.27. The largest absolute Gasteiger partial charge is 0.460 e. The Hall–Kier alpha value is -1.16. The summed E-state index contributed by atoms with van der Waals surface area (Å²) < 4.78 is 18.5. The first-order chi connectivity index (χ1) is 11.5. The molecule has 0 aliphatic rings. The van der Waals surface area contributed by atoms with Crippen LogP contribution in [-0.2, 0) is 20.3 Å². The van der Waals surface area contributed by atoms with Crippen molar-refractivity contribution in [2.45, 2.75) is 78.2 Å². The van der Waals surface area contributed by atoms with Crippen LogP contribution in [0.5, 0.6) is 0 Å². The smallest absolute Gasteiger partial charge is 0.310 e. The molecule has 0 amide bonds. The van der Waals surface area contributed by atoms with Crippen molar-refractivity contribution < 1.29 is 13.7 Å². The van der Waals surface area contributed by atoms with E-state index in [1.54, 1.807) is 0 Å². The first-order valence-electron chi connectivity index (χ1n) is 9.14. The van der Waals surface area contributed by atoms with Gasteiger partial charge < -0.3 is 4.74 Å². The predicted octanol–water partition coefficient (Wildman–Crippen LogP) is 5.28. The summed E-state index contributed by atoms with van der Waals surface area (Å²) in [5, 5.41) is 0. The molecule has 0 heterocycles. The summed E-state index contributed by atoms with van der Waals surface area (Å²) in [4.78, 5) is 13.6. The molecule has 3 nitrogen and oxygen atoms in total. The number of hydrogen-bond donors (Lipinski definition) is 0. The number of unbranched alkanes of at least 4 members (excludes halogenated alkanes) is 1. The lowest BCUT2D eigenvalue weighted by atomic mass is 9.77. The van der Waals surface area contributed by atoms with Crippen molar-refractivity contribution in [3.63, 3.8) is 0 Å². The number of rotatable bonds is 8. The molecule has 0 spiro atoms. The Morgan fingerprint density at radius 2 is 1.68 bits per heavy atom. The van der Waals surface area contributed by atoms with Crippen molar-refractivity contribution >= 4 is 16.8 Å². The highest BCUT2D eigenvalue weighted by molar-refractivity contribution is 7.85. The van der Waals surface area contributed by atoms with E-state index < -0.39 is 21.8 Å². The van der Waals surface area contributed by atoms with Gasteiger partial charge >= 0.3 is 5.97 Å². The molecule has 0 saturated heterocycles. The van der Waals surface area contributed by atoms with Crippen LogP contribution in [0.25, 0.3) is 0 Å². The van der Waals surface area contributed by atoms with Crippen molar-refractivity contribution in [2.24, 2.45) is 11.3 Å². The van der Waals surface area contributed by atoms with E-state index in [1.165, 1.54) is 0 Å². The Balaban J connectivity index is 2.95. The van der Waals surface area contributed by atoms with E-state index in [0.29, 0.717) is 5.75 Å². The van der Waals surface area contributed by atoms with Crippen LogP contribution in [0.4, 0.5) is 0 Å². The minimum Gasteiger partial charge on any atom is -0.460 e. The minimum atomic E-state index is -1.13. The van der Waals surface area contributed by atoms with E-state index in [0.717, 1.165) is 29.7 Å². The molecule has 0 saturated carbocycles. The first kappa shape index (κ1) is 21.9. The number of hydrogen-bond acceptors (Lipinski definition) is 3. The van der Waals surface area contributed by atoms with Crippen molar-refractivity contribution in [1.82, 2.24) is 0 Å². The Kier molecular flexibility index (Phi) is 7.86. The summed E-state index contributed by atoms with van der Waals surface area (Å²) in [6.45, 7) is 13.9. The van der Waals surface area contributed by atoms with E-state index in [2.05, 4.69) is 6.92 Å². The molecule has 4 heteroatoms. The predicted molar refractivity (Wildman–Crippen MR) is 105 cm³/mol. The van der Waals surface area contributed by atoms with E-state index in [9.17, 15) is 9.00 Å². The van der Waals surface area contributed by atoms with Crippen LogP contribution in [0.1, 0.15) is 66.4 Å². The highest BCUT2D eigenvalue weighted by Crippen LogP contribution is 2.35. The van der Waals surface area contributed by atoms with Gasteiger partial charge in [-0.3, -0.25) is 9.00 Å². The molecule has 1 unspecified atom stereocenters. The molecule has 25 heavy (non-hydrogen) atoms. The van der Waals surface area contributed by atoms with Gasteiger partial charge in [-0.15, -0.1) is 0 Å². The molecular weight excluding hydrogens is 332 g/mol. The lowest BCUT2D eigenvalue weighted by Gasteiger charge is -2.34. The zero-order valence-corrected chi connectivity index (χ0v) is 17.7. The van der Waals surface area contributed by atoms with Crippen LogP contribution in [0, 0.1) is 18.3 Å². The van der Waals surface area contributed by atoms with Gasteiger partial charge in [0.15, 0.2) is 0 Å². The molecule has 0 aromatic heterocycles. The average Bonchev–Trinajstić information content (AvgIpc) is 2.45. The lowest BCUT2D eigenvalue weighted by Crippen LogP contribution is -2.39. The second-order valence-corrected chi connectivity index (χ2v) is 9.97. The Labute approximate surface area is 156 Å². The van der Waals surface area contributed by atoms with E-state index >= 15 is 0 Å². The molecule has 0 N–H and O–H groups in total. The highest BCUT2D eigenvalue weighted by atomic mass is 32.2. The van der Waals surface area contributed by atoms with Gasteiger partial charge in [0.1, 0.15) is 5.60 Å². The Morgan fingerprint density at radius 1 is 1.12 bits per heavy atom. The van der Waals surface area contributed by atoms with Crippen molar-refractivity contribution in [3.8, 4) is 0 Å². The standard InChI is InChI=1S/C21H34O3S/c1-8-9-10-18(19(22)24-20(3,4)5)21(6,7)15-25(23)17-13-11-16(2)12-14-17/h11-14,18H,8-10,15H2,1-7H3/t18-,25?/m0/s1. The maximum Gasteiger partial charge on any atom is 0.310 e. The van der Waals surface area contributed by atoms with Crippen LogP contribution in [0.3, 0.4) is 0 Å². The third-order valence-corrected chi connectivity index (χ3v) is 6.07. The van der Waals surface area contributed by atoms with E-state index in [4.69, 9.17) is 4.74 Å². The van der Waals surface area contributed by atoms with Gasteiger partial charge in [0.05, 0.1) is 16.7 Å². The van der Waals surface area contributed by atoms with Crippen LogP contribution in [0.15, 0.2) is 29.2 Å². The number of benzene rings is 1. The van der Waals surface area contributed by atoms with Gasteiger partial charge in [-0.1, -0.05) is 51.3 Å². The number of ether oxygens (including phenoxy) is 1. The summed E-state index contributed by atoms with van der Waals surface area (Å²) in [5.74, 6) is 0.0249. The van der Waals surface area contributed by atoms with Gasteiger partial charge in [0, 0.05) is 10.6 Å². The molecule has 0 fully saturated rings. The number of carbonyl (C=O) groups is 1. The molecule has 0 bridgehead atoms.